The first-order chi connectivity index (χ1) is 11.6. The van der Waals surface area contributed by atoms with Crippen LogP contribution >= 0.6 is 11.8 Å². The van der Waals surface area contributed by atoms with E-state index in [0.29, 0.717) is 11.6 Å². The first-order valence-electron chi connectivity index (χ1n) is 8.23. The second kappa shape index (κ2) is 7.21. The van der Waals surface area contributed by atoms with Crippen LogP contribution in [0.15, 0.2) is 34.2 Å². The van der Waals surface area contributed by atoms with Crippen molar-refractivity contribution < 1.29 is 4.79 Å². The fraction of sp³-hybridized carbons (Fsp3) is 0.389. The van der Waals surface area contributed by atoms with E-state index in [1.54, 1.807) is 0 Å². The number of carbonyl (C=O) groups excluding carboxylic acids is 1. The average molecular weight is 343 g/mol. The number of anilines is 1. The molecule has 1 heterocycles. The average Bonchev–Trinajstić information content (AvgIpc) is 3.01. The van der Waals surface area contributed by atoms with E-state index in [-0.39, 0.29) is 16.7 Å². The summed E-state index contributed by atoms with van der Waals surface area (Å²) in [4.78, 5) is 32.0. The van der Waals surface area contributed by atoms with Crippen molar-refractivity contribution in [3.63, 3.8) is 0 Å². The number of rotatable bonds is 5. The van der Waals surface area contributed by atoms with Gasteiger partial charge in [-0.05, 0) is 50.3 Å². The molecular formula is C18H21N3O2S. The predicted octanol–water partition coefficient (Wildman–Crippen LogP) is 3.08. The molecule has 2 N–H and O–H groups in total. The Morgan fingerprint density at radius 3 is 3.00 bits per heavy atom. The van der Waals surface area contributed by atoms with Crippen molar-refractivity contribution in [2.75, 3.05) is 5.32 Å². The van der Waals surface area contributed by atoms with Gasteiger partial charge in [0, 0.05) is 11.3 Å². The van der Waals surface area contributed by atoms with E-state index < -0.39 is 0 Å². The molecule has 1 unspecified atom stereocenters. The Kier molecular flexibility index (Phi) is 5.04. The van der Waals surface area contributed by atoms with E-state index in [4.69, 9.17) is 0 Å². The van der Waals surface area contributed by atoms with Crippen LogP contribution in [0.5, 0.6) is 0 Å². The molecule has 0 saturated heterocycles. The van der Waals surface area contributed by atoms with Gasteiger partial charge < -0.3 is 10.3 Å². The largest absolute Gasteiger partial charge is 0.325 e. The van der Waals surface area contributed by atoms with Gasteiger partial charge in [-0.25, -0.2) is 4.98 Å². The summed E-state index contributed by atoms with van der Waals surface area (Å²) in [5.41, 5.74) is 3.51. The van der Waals surface area contributed by atoms with Crippen LogP contribution in [0.4, 0.5) is 5.69 Å². The van der Waals surface area contributed by atoms with Crippen LogP contribution < -0.4 is 10.9 Å². The third-order valence-corrected chi connectivity index (χ3v) is 5.37. The monoisotopic (exact) mass is 343 g/mol. The summed E-state index contributed by atoms with van der Waals surface area (Å²) >= 11 is 1.32. The lowest BCUT2D eigenvalue weighted by Gasteiger charge is -2.14. The zero-order chi connectivity index (χ0) is 17.1. The molecule has 5 nitrogen and oxygen atoms in total. The van der Waals surface area contributed by atoms with Gasteiger partial charge in [-0.1, -0.05) is 30.8 Å². The van der Waals surface area contributed by atoms with Crippen molar-refractivity contribution in [2.45, 2.75) is 49.9 Å². The highest BCUT2D eigenvalue weighted by Gasteiger charge is 2.22. The van der Waals surface area contributed by atoms with E-state index in [9.17, 15) is 9.59 Å². The van der Waals surface area contributed by atoms with Crippen LogP contribution in [0, 0.1) is 6.92 Å². The van der Waals surface area contributed by atoms with Crippen LogP contribution in [0.2, 0.25) is 0 Å². The molecule has 1 atom stereocenters. The number of amides is 1. The smallest absolute Gasteiger partial charge is 0.254 e. The molecule has 0 aliphatic heterocycles. The molecule has 1 aliphatic carbocycles. The van der Waals surface area contributed by atoms with E-state index in [0.717, 1.165) is 41.8 Å². The normalized spacial score (nSPS) is 14.2. The van der Waals surface area contributed by atoms with E-state index >= 15 is 0 Å². The Hall–Kier alpha value is -2.08. The lowest BCUT2D eigenvalue weighted by atomic mass is 10.2. The number of fused-ring (bicyclic) bond motifs is 1. The molecule has 1 amide bonds. The maximum absolute atomic E-state index is 12.5. The van der Waals surface area contributed by atoms with E-state index in [1.165, 1.54) is 11.8 Å². The second-order valence-electron chi connectivity index (χ2n) is 6.02. The zero-order valence-corrected chi connectivity index (χ0v) is 14.7. The van der Waals surface area contributed by atoms with Gasteiger partial charge in [0.15, 0.2) is 5.16 Å². The van der Waals surface area contributed by atoms with Crippen molar-refractivity contribution in [3.05, 3.63) is 51.4 Å². The second-order valence-corrected chi connectivity index (χ2v) is 7.21. The number of aromatic amines is 1. The zero-order valence-electron chi connectivity index (χ0n) is 13.9. The maximum atomic E-state index is 12.5. The molecule has 1 aromatic carbocycles. The topological polar surface area (TPSA) is 74.8 Å². The number of carbonyl (C=O) groups is 1. The van der Waals surface area contributed by atoms with Crippen LogP contribution in [0.1, 0.15) is 36.6 Å². The van der Waals surface area contributed by atoms with E-state index in [2.05, 4.69) is 15.3 Å². The minimum absolute atomic E-state index is 0.0612. The molecule has 24 heavy (non-hydrogen) atoms. The molecule has 0 bridgehead atoms. The molecule has 126 valence electrons. The number of hydrogen-bond acceptors (Lipinski definition) is 4. The standard InChI is InChI=1S/C18H21N3O2S/c1-3-15(17(23)19-12-7-4-6-11(2)10-12)24-18-20-14-9-5-8-13(14)16(22)21-18/h4,6-7,10,15H,3,5,8-9H2,1-2H3,(H,19,23)(H,20,21,22). The molecule has 0 fully saturated rings. The molecule has 3 rings (SSSR count). The van der Waals surface area contributed by atoms with Crippen molar-refractivity contribution in [3.8, 4) is 0 Å². The molecule has 6 heteroatoms. The number of benzene rings is 1. The Morgan fingerprint density at radius 1 is 1.42 bits per heavy atom. The van der Waals surface area contributed by atoms with Crippen molar-refractivity contribution >= 4 is 23.4 Å². The molecule has 0 radical (unpaired) electrons. The first kappa shape index (κ1) is 16.8. The first-order valence-corrected chi connectivity index (χ1v) is 9.11. The van der Waals surface area contributed by atoms with Gasteiger partial charge in [-0.3, -0.25) is 9.59 Å². The Morgan fingerprint density at radius 2 is 2.25 bits per heavy atom. The van der Waals surface area contributed by atoms with Gasteiger partial charge in [0.2, 0.25) is 5.91 Å². The number of H-pyrrole nitrogens is 1. The summed E-state index contributed by atoms with van der Waals surface area (Å²) in [6.45, 7) is 3.94. The van der Waals surface area contributed by atoms with Gasteiger partial charge in [-0.15, -0.1) is 0 Å². The molecule has 1 aliphatic rings. The van der Waals surface area contributed by atoms with Crippen LogP contribution in [0.3, 0.4) is 0 Å². The lowest BCUT2D eigenvalue weighted by Crippen LogP contribution is -2.25. The molecular weight excluding hydrogens is 322 g/mol. The predicted molar refractivity (Wildman–Crippen MR) is 96.6 cm³/mol. The Labute approximate surface area is 145 Å². The number of thioether (sulfide) groups is 1. The Balaban J connectivity index is 1.74. The Bertz CT molecular complexity index is 816. The van der Waals surface area contributed by atoms with Gasteiger partial charge >= 0.3 is 0 Å². The summed E-state index contributed by atoms with van der Waals surface area (Å²) in [5, 5.41) is 3.18. The summed E-state index contributed by atoms with van der Waals surface area (Å²) in [6, 6.07) is 7.71. The third-order valence-electron chi connectivity index (χ3n) is 4.12. The van der Waals surface area contributed by atoms with Gasteiger partial charge in [-0.2, -0.15) is 0 Å². The highest BCUT2D eigenvalue weighted by molar-refractivity contribution is 8.00. The summed E-state index contributed by atoms with van der Waals surface area (Å²) in [5.74, 6) is -0.0729. The third kappa shape index (κ3) is 3.70. The fourth-order valence-corrected chi connectivity index (χ4v) is 3.79. The highest BCUT2D eigenvalue weighted by Crippen LogP contribution is 2.25. The van der Waals surface area contributed by atoms with Gasteiger partial charge in [0.1, 0.15) is 0 Å². The quantitative estimate of drug-likeness (QED) is 0.646. The maximum Gasteiger partial charge on any atom is 0.254 e. The highest BCUT2D eigenvalue weighted by atomic mass is 32.2. The van der Waals surface area contributed by atoms with Crippen molar-refractivity contribution in [1.82, 2.24) is 9.97 Å². The fourth-order valence-electron chi connectivity index (χ4n) is 2.88. The van der Waals surface area contributed by atoms with Crippen LogP contribution in [0.25, 0.3) is 0 Å². The lowest BCUT2D eigenvalue weighted by molar-refractivity contribution is -0.115. The molecule has 0 spiro atoms. The number of hydrogen-bond donors (Lipinski definition) is 2. The summed E-state index contributed by atoms with van der Waals surface area (Å²) < 4.78 is 0. The molecule has 1 aromatic heterocycles. The van der Waals surface area contributed by atoms with Crippen molar-refractivity contribution in [1.29, 1.82) is 0 Å². The number of aromatic nitrogens is 2. The minimum Gasteiger partial charge on any atom is -0.325 e. The number of nitrogens with one attached hydrogen (secondary N) is 2. The number of aryl methyl sites for hydroxylation is 2. The summed E-state index contributed by atoms with van der Waals surface area (Å²) in [6.07, 6.45) is 3.28. The van der Waals surface area contributed by atoms with Gasteiger partial charge in [0.25, 0.3) is 5.56 Å². The molecule has 2 aromatic rings. The van der Waals surface area contributed by atoms with Gasteiger partial charge in [0.05, 0.1) is 10.9 Å². The van der Waals surface area contributed by atoms with Crippen molar-refractivity contribution in [2.24, 2.45) is 0 Å². The van der Waals surface area contributed by atoms with E-state index in [1.807, 2.05) is 38.1 Å². The van der Waals surface area contributed by atoms with Crippen LogP contribution in [-0.4, -0.2) is 21.1 Å². The summed E-state index contributed by atoms with van der Waals surface area (Å²) in [7, 11) is 0. The minimum atomic E-state index is -0.298. The number of nitrogens with zero attached hydrogens (tertiary/aromatic N) is 1. The molecule has 0 saturated carbocycles. The van der Waals surface area contributed by atoms with Crippen LogP contribution in [-0.2, 0) is 17.6 Å². The SMILES string of the molecule is CCC(Sc1nc2c(c(=O)[nH]1)CCC2)C(=O)Nc1cccc(C)c1.